The standard InChI is InChI=1S/C30H43N5O4/c1-16-23(20-11-17-12-22(29(5,6)7)31-13-21(17)37-20)26(35-27(33-16)32-15-28(2,3)4)34-19-10-18(14-36)24-25(19)39-30(8,9)38-24/h11-13,18-19,24-25,36H,10,14-15H2,1-9H3,(H2,32,33,34,35)/t18-,19-,24-,25+/m1/s1. The van der Waals surface area contributed by atoms with E-state index < -0.39 is 5.79 Å². The van der Waals surface area contributed by atoms with Crippen molar-refractivity contribution < 1.29 is 19.0 Å². The molecule has 5 rings (SSSR count). The number of aromatic nitrogens is 3. The minimum atomic E-state index is -0.705. The van der Waals surface area contributed by atoms with Gasteiger partial charge in [-0.2, -0.15) is 4.98 Å². The number of ether oxygens (including phenoxy) is 2. The molecule has 3 aromatic heterocycles. The Bertz CT molecular complexity index is 1350. The van der Waals surface area contributed by atoms with Gasteiger partial charge in [-0.05, 0) is 44.7 Å². The highest BCUT2D eigenvalue weighted by atomic mass is 16.8. The second kappa shape index (κ2) is 9.71. The summed E-state index contributed by atoms with van der Waals surface area (Å²) in [4.78, 5) is 14.4. The maximum atomic E-state index is 10.1. The molecule has 3 N–H and O–H groups in total. The molecular weight excluding hydrogens is 494 g/mol. The van der Waals surface area contributed by atoms with Crippen molar-refractivity contribution >= 4 is 22.7 Å². The summed E-state index contributed by atoms with van der Waals surface area (Å²) in [5, 5.41) is 18.1. The Morgan fingerprint density at radius 2 is 1.77 bits per heavy atom. The molecule has 4 heterocycles. The average Bonchev–Trinajstić information content (AvgIpc) is 3.46. The lowest BCUT2D eigenvalue weighted by molar-refractivity contribution is -0.158. The van der Waals surface area contributed by atoms with Gasteiger partial charge >= 0.3 is 0 Å². The largest absolute Gasteiger partial charge is 0.454 e. The fourth-order valence-corrected chi connectivity index (χ4v) is 5.46. The molecule has 2 fully saturated rings. The summed E-state index contributed by atoms with van der Waals surface area (Å²) in [5.41, 5.74) is 3.30. The number of hydrogen-bond acceptors (Lipinski definition) is 9. The van der Waals surface area contributed by atoms with E-state index in [1.165, 1.54) is 0 Å². The number of aryl methyl sites for hydroxylation is 1. The first-order valence-electron chi connectivity index (χ1n) is 13.9. The third kappa shape index (κ3) is 5.76. The van der Waals surface area contributed by atoms with E-state index in [0.717, 1.165) is 28.9 Å². The lowest BCUT2D eigenvalue weighted by Crippen LogP contribution is -2.35. The van der Waals surface area contributed by atoms with Crippen molar-refractivity contribution in [1.82, 2.24) is 15.0 Å². The van der Waals surface area contributed by atoms with E-state index >= 15 is 0 Å². The number of hydrogen-bond donors (Lipinski definition) is 3. The molecule has 0 bridgehead atoms. The zero-order valence-corrected chi connectivity index (χ0v) is 24.7. The number of nitrogens with zero attached hydrogens (tertiary/aromatic N) is 3. The summed E-state index contributed by atoms with van der Waals surface area (Å²) in [6.07, 6.45) is 2.11. The van der Waals surface area contributed by atoms with E-state index in [9.17, 15) is 5.11 Å². The topological polar surface area (TPSA) is 115 Å². The van der Waals surface area contributed by atoms with Gasteiger partial charge in [-0.3, -0.25) is 4.98 Å². The van der Waals surface area contributed by atoms with Crippen LogP contribution in [0.1, 0.15) is 73.2 Å². The van der Waals surface area contributed by atoms with Crippen LogP contribution in [0.25, 0.3) is 22.3 Å². The SMILES string of the molecule is Cc1nc(NCC(C)(C)C)nc(N[C@@H]2C[C@H](CO)[C@H]3OC(C)(C)O[C@H]32)c1-c1cc2cc(C(C)(C)C)ncc2o1. The summed E-state index contributed by atoms with van der Waals surface area (Å²) >= 11 is 0. The lowest BCUT2D eigenvalue weighted by atomic mass is 9.91. The summed E-state index contributed by atoms with van der Waals surface area (Å²) < 4.78 is 18.8. The zero-order valence-electron chi connectivity index (χ0n) is 24.7. The third-order valence-electron chi connectivity index (χ3n) is 7.42. The predicted molar refractivity (Wildman–Crippen MR) is 153 cm³/mol. The third-order valence-corrected chi connectivity index (χ3v) is 7.42. The van der Waals surface area contributed by atoms with E-state index in [-0.39, 0.29) is 41.6 Å². The van der Waals surface area contributed by atoms with E-state index in [1.54, 1.807) is 6.20 Å². The molecule has 0 unspecified atom stereocenters. The van der Waals surface area contributed by atoms with Gasteiger partial charge in [0, 0.05) is 35.6 Å². The molecule has 9 nitrogen and oxygen atoms in total. The monoisotopic (exact) mass is 537 g/mol. The van der Waals surface area contributed by atoms with Crippen molar-refractivity contribution in [2.24, 2.45) is 11.3 Å². The van der Waals surface area contributed by atoms with Crippen molar-refractivity contribution in [2.75, 3.05) is 23.8 Å². The van der Waals surface area contributed by atoms with Crippen molar-refractivity contribution in [3.8, 4) is 11.3 Å². The van der Waals surface area contributed by atoms with E-state index in [0.29, 0.717) is 29.5 Å². The second-order valence-electron chi connectivity index (χ2n) is 13.7. The number of furan rings is 1. The quantitative estimate of drug-likeness (QED) is 0.366. The second-order valence-corrected chi connectivity index (χ2v) is 13.7. The van der Waals surface area contributed by atoms with Gasteiger partial charge in [-0.15, -0.1) is 0 Å². The van der Waals surface area contributed by atoms with Gasteiger partial charge in [0.2, 0.25) is 5.95 Å². The molecule has 0 radical (unpaired) electrons. The Morgan fingerprint density at radius 3 is 2.44 bits per heavy atom. The van der Waals surface area contributed by atoms with Crippen LogP contribution < -0.4 is 10.6 Å². The van der Waals surface area contributed by atoms with Crippen LogP contribution in [0.5, 0.6) is 0 Å². The van der Waals surface area contributed by atoms with Crippen molar-refractivity contribution in [1.29, 1.82) is 0 Å². The fourth-order valence-electron chi connectivity index (χ4n) is 5.46. The number of aliphatic hydroxyl groups is 1. The van der Waals surface area contributed by atoms with Gasteiger partial charge in [0.1, 0.15) is 17.7 Å². The molecule has 1 aliphatic heterocycles. The molecule has 0 aromatic carbocycles. The van der Waals surface area contributed by atoms with Crippen molar-refractivity contribution in [3.05, 3.63) is 29.7 Å². The van der Waals surface area contributed by atoms with E-state index in [2.05, 4.69) is 63.2 Å². The number of aliphatic hydroxyl groups excluding tert-OH is 1. The fraction of sp³-hybridized carbons (Fsp3) is 0.633. The first kappa shape index (κ1) is 27.8. The molecular formula is C30H43N5O4. The molecule has 39 heavy (non-hydrogen) atoms. The number of rotatable bonds is 6. The Balaban J connectivity index is 1.55. The van der Waals surface area contributed by atoms with Crippen LogP contribution >= 0.6 is 0 Å². The molecule has 0 spiro atoms. The predicted octanol–water partition coefficient (Wildman–Crippen LogP) is 5.66. The van der Waals surface area contributed by atoms with Crippen LogP contribution in [-0.4, -0.2) is 57.2 Å². The minimum absolute atomic E-state index is 0.0211. The maximum absolute atomic E-state index is 10.1. The Kier molecular flexibility index (Phi) is 6.92. The van der Waals surface area contributed by atoms with Crippen LogP contribution in [0.4, 0.5) is 11.8 Å². The molecule has 4 atom stereocenters. The maximum Gasteiger partial charge on any atom is 0.224 e. The van der Waals surface area contributed by atoms with E-state index in [4.69, 9.17) is 23.9 Å². The molecule has 0 amide bonds. The van der Waals surface area contributed by atoms with Crippen LogP contribution in [0.15, 0.2) is 22.7 Å². The molecule has 3 aromatic rings. The Morgan fingerprint density at radius 1 is 1.05 bits per heavy atom. The van der Waals surface area contributed by atoms with Crippen molar-refractivity contribution in [2.45, 2.75) is 98.2 Å². The Labute approximate surface area is 231 Å². The molecule has 9 heteroatoms. The van der Waals surface area contributed by atoms with Crippen LogP contribution in [0.3, 0.4) is 0 Å². The van der Waals surface area contributed by atoms with Gasteiger partial charge in [-0.25, -0.2) is 4.98 Å². The zero-order chi connectivity index (χ0) is 28.3. The number of anilines is 2. The van der Waals surface area contributed by atoms with Gasteiger partial charge in [-0.1, -0.05) is 41.5 Å². The summed E-state index contributed by atoms with van der Waals surface area (Å²) in [7, 11) is 0. The lowest BCUT2D eigenvalue weighted by Gasteiger charge is -2.25. The first-order valence-corrected chi connectivity index (χ1v) is 13.9. The molecule has 2 aliphatic rings. The highest BCUT2D eigenvalue weighted by molar-refractivity contribution is 5.86. The van der Waals surface area contributed by atoms with Gasteiger partial charge < -0.3 is 29.6 Å². The van der Waals surface area contributed by atoms with E-state index in [1.807, 2.05) is 26.8 Å². The smallest absolute Gasteiger partial charge is 0.224 e. The van der Waals surface area contributed by atoms with Crippen LogP contribution in [0, 0.1) is 18.3 Å². The number of pyridine rings is 1. The number of nitrogens with one attached hydrogen (secondary N) is 2. The van der Waals surface area contributed by atoms with Crippen LogP contribution in [-0.2, 0) is 14.9 Å². The molecule has 1 aliphatic carbocycles. The number of fused-ring (bicyclic) bond motifs is 2. The highest BCUT2D eigenvalue weighted by Gasteiger charge is 2.54. The molecule has 1 saturated carbocycles. The highest BCUT2D eigenvalue weighted by Crippen LogP contribution is 2.44. The molecule has 1 saturated heterocycles. The summed E-state index contributed by atoms with van der Waals surface area (Å²) in [6.45, 7) is 19.5. The average molecular weight is 538 g/mol. The van der Waals surface area contributed by atoms with Gasteiger partial charge in [0.15, 0.2) is 11.4 Å². The Hall–Kier alpha value is -2.75. The summed E-state index contributed by atoms with van der Waals surface area (Å²) in [6, 6.07) is 4.03. The van der Waals surface area contributed by atoms with Gasteiger partial charge in [0.05, 0.1) is 29.6 Å². The molecule has 212 valence electrons. The summed E-state index contributed by atoms with van der Waals surface area (Å²) in [5.74, 6) is 1.17. The first-order chi connectivity index (χ1) is 18.1. The normalized spacial score (nSPS) is 24.8. The van der Waals surface area contributed by atoms with Gasteiger partial charge in [0.25, 0.3) is 0 Å². The minimum Gasteiger partial charge on any atom is -0.454 e. The van der Waals surface area contributed by atoms with Crippen molar-refractivity contribution in [3.63, 3.8) is 0 Å². The van der Waals surface area contributed by atoms with Crippen LogP contribution in [0.2, 0.25) is 0 Å².